The van der Waals surface area contributed by atoms with Gasteiger partial charge in [-0.2, -0.15) is 0 Å². The van der Waals surface area contributed by atoms with Gasteiger partial charge in [0, 0.05) is 25.7 Å². The Morgan fingerprint density at radius 2 is 2.22 bits per heavy atom. The Kier molecular flexibility index (Phi) is 5.01. The second-order valence-electron chi connectivity index (χ2n) is 5.88. The minimum atomic E-state index is -0.164. The van der Waals surface area contributed by atoms with E-state index in [1.165, 1.54) is 0 Å². The van der Waals surface area contributed by atoms with Crippen molar-refractivity contribution in [1.82, 2.24) is 5.32 Å². The van der Waals surface area contributed by atoms with Gasteiger partial charge in [0.15, 0.2) is 0 Å². The Morgan fingerprint density at radius 1 is 1.39 bits per heavy atom. The average Bonchev–Trinajstić information content (AvgIpc) is 2.37. The third kappa shape index (κ3) is 3.69. The van der Waals surface area contributed by atoms with Crippen LogP contribution in [0.3, 0.4) is 0 Å². The molecule has 0 aromatic carbocycles. The van der Waals surface area contributed by atoms with Crippen LogP contribution in [0.4, 0.5) is 0 Å². The topological polar surface area (TPSA) is 58.6 Å². The molecule has 0 bridgehead atoms. The Morgan fingerprint density at radius 3 is 2.94 bits per heavy atom. The number of carbonyl (C=O) groups is 1. The summed E-state index contributed by atoms with van der Waals surface area (Å²) in [6, 6.07) is 0. The van der Waals surface area contributed by atoms with E-state index in [1.54, 1.807) is 0 Å². The van der Waals surface area contributed by atoms with Gasteiger partial charge in [0.2, 0.25) is 5.91 Å². The van der Waals surface area contributed by atoms with Crippen LogP contribution in [0.15, 0.2) is 0 Å². The number of aliphatic hydroxyl groups is 1. The summed E-state index contributed by atoms with van der Waals surface area (Å²) in [6.45, 7) is 4.19. The van der Waals surface area contributed by atoms with Crippen molar-refractivity contribution in [2.24, 2.45) is 17.8 Å². The van der Waals surface area contributed by atoms with E-state index in [9.17, 15) is 9.90 Å². The predicted molar refractivity (Wildman–Crippen MR) is 69.1 cm³/mol. The van der Waals surface area contributed by atoms with E-state index in [0.29, 0.717) is 25.0 Å². The fourth-order valence-electron chi connectivity index (χ4n) is 3.09. The van der Waals surface area contributed by atoms with Crippen molar-refractivity contribution in [3.63, 3.8) is 0 Å². The second kappa shape index (κ2) is 6.53. The number of rotatable bonds is 3. The molecule has 2 aliphatic rings. The van der Waals surface area contributed by atoms with Crippen LogP contribution in [0.5, 0.6) is 0 Å². The fourth-order valence-corrected chi connectivity index (χ4v) is 3.09. The fraction of sp³-hybridized carbons (Fsp3) is 0.929. The molecule has 1 aliphatic carbocycles. The first-order chi connectivity index (χ1) is 8.66. The zero-order valence-electron chi connectivity index (χ0n) is 11.2. The first-order valence-electron chi connectivity index (χ1n) is 7.20. The SMILES string of the molecule is CC1COCCC1C(=O)NCC1CCCC(O)C1. The van der Waals surface area contributed by atoms with E-state index < -0.39 is 0 Å². The monoisotopic (exact) mass is 255 g/mol. The maximum Gasteiger partial charge on any atom is 0.223 e. The van der Waals surface area contributed by atoms with Gasteiger partial charge in [0.05, 0.1) is 6.10 Å². The van der Waals surface area contributed by atoms with Gasteiger partial charge in [-0.15, -0.1) is 0 Å². The highest BCUT2D eigenvalue weighted by Crippen LogP contribution is 2.25. The molecule has 1 heterocycles. The van der Waals surface area contributed by atoms with Crippen LogP contribution in [0.2, 0.25) is 0 Å². The number of ether oxygens (including phenoxy) is 1. The van der Waals surface area contributed by atoms with E-state index in [2.05, 4.69) is 12.2 Å². The molecule has 4 nitrogen and oxygen atoms in total. The van der Waals surface area contributed by atoms with Gasteiger partial charge in [-0.1, -0.05) is 13.3 Å². The van der Waals surface area contributed by atoms with Crippen LogP contribution in [0, 0.1) is 17.8 Å². The van der Waals surface area contributed by atoms with Crippen LogP contribution in [-0.4, -0.2) is 36.9 Å². The van der Waals surface area contributed by atoms with Crippen molar-refractivity contribution < 1.29 is 14.6 Å². The molecule has 1 amide bonds. The molecule has 1 aliphatic heterocycles. The summed E-state index contributed by atoms with van der Waals surface area (Å²) in [5, 5.41) is 12.7. The maximum atomic E-state index is 12.1. The Bertz CT molecular complexity index is 282. The van der Waals surface area contributed by atoms with Crippen LogP contribution >= 0.6 is 0 Å². The lowest BCUT2D eigenvalue weighted by atomic mass is 9.86. The van der Waals surface area contributed by atoms with Gasteiger partial charge in [-0.3, -0.25) is 4.79 Å². The summed E-state index contributed by atoms with van der Waals surface area (Å²) in [6.07, 6.45) is 4.63. The van der Waals surface area contributed by atoms with Gasteiger partial charge in [0.1, 0.15) is 0 Å². The molecule has 0 aromatic rings. The zero-order valence-corrected chi connectivity index (χ0v) is 11.2. The molecule has 0 aromatic heterocycles. The van der Waals surface area contributed by atoms with Crippen molar-refractivity contribution in [3.05, 3.63) is 0 Å². The first kappa shape index (κ1) is 13.8. The molecule has 4 unspecified atom stereocenters. The summed E-state index contributed by atoms with van der Waals surface area (Å²) in [5.41, 5.74) is 0. The van der Waals surface area contributed by atoms with Crippen LogP contribution in [-0.2, 0) is 9.53 Å². The lowest BCUT2D eigenvalue weighted by Gasteiger charge is -2.30. The number of aliphatic hydroxyl groups excluding tert-OH is 1. The molecule has 104 valence electrons. The third-order valence-corrected chi connectivity index (χ3v) is 4.30. The van der Waals surface area contributed by atoms with Gasteiger partial charge in [0.25, 0.3) is 0 Å². The van der Waals surface area contributed by atoms with E-state index in [4.69, 9.17) is 4.74 Å². The predicted octanol–water partition coefficient (Wildman–Crippen LogP) is 1.33. The normalized spacial score (nSPS) is 37.2. The maximum absolute atomic E-state index is 12.1. The first-order valence-corrected chi connectivity index (χ1v) is 7.20. The highest BCUT2D eigenvalue weighted by molar-refractivity contribution is 5.79. The van der Waals surface area contributed by atoms with E-state index >= 15 is 0 Å². The Balaban J connectivity index is 1.73. The Hall–Kier alpha value is -0.610. The van der Waals surface area contributed by atoms with E-state index in [-0.39, 0.29) is 17.9 Å². The Labute approximate surface area is 109 Å². The van der Waals surface area contributed by atoms with Gasteiger partial charge in [-0.25, -0.2) is 0 Å². The lowest BCUT2D eigenvalue weighted by Crippen LogP contribution is -2.41. The van der Waals surface area contributed by atoms with E-state index in [0.717, 1.165) is 38.6 Å². The number of hydrogen-bond acceptors (Lipinski definition) is 3. The summed E-state index contributed by atoms with van der Waals surface area (Å²) < 4.78 is 5.36. The van der Waals surface area contributed by atoms with Crippen molar-refractivity contribution in [1.29, 1.82) is 0 Å². The van der Waals surface area contributed by atoms with Crippen LogP contribution in [0.1, 0.15) is 39.0 Å². The van der Waals surface area contributed by atoms with Crippen molar-refractivity contribution in [2.45, 2.75) is 45.1 Å². The van der Waals surface area contributed by atoms with Crippen molar-refractivity contribution in [3.8, 4) is 0 Å². The highest BCUT2D eigenvalue weighted by atomic mass is 16.5. The minimum Gasteiger partial charge on any atom is -0.393 e. The molecule has 0 spiro atoms. The summed E-state index contributed by atoms with van der Waals surface area (Å²) in [5.74, 6) is 1.04. The number of carbonyl (C=O) groups excluding carboxylic acids is 1. The molecule has 0 radical (unpaired) electrons. The number of hydrogen-bond donors (Lipinski definition) is 2. The molecule has 2 N–H and O–H groups in total. The molecule has 1 saturated carbocycles. The average molecular weight is 255 g/mol. The second-order valence-corrected chi connectivity index (χ2v) is 5.88. The summed E-state index contributed by atoms with van der Waals surface area (Å²) in [7, 11) is 0. The highest BCUT2D eigenvalue weighted by Gasteiger charge is 2.29. The number of nitrogens with one attached hydrogen (secondary N) is 1. The molecule has 18 heavy (non-hydrogen) atoms. The molecule has 4 atom stereocenters. The van der Waals surface area contributed by atoms with Gasteiger partial charge >= 0.3 is 0 Å². The molecule has 2 fully saturated rings. The summed E-state index contributed by atoms with van der Waals surface area (Å²) >= 11 is 0. The molecular weight excluding hydrogens is 230 g/mol. The van der Waals surface area contributed by atoms with Gasteiger partial charge in [-0.05, 0) is 37.5 Å². The molecule has 2 rings (SSSR count). The van der Waals surface area contributed by atoms with Crippen molar-refractivity contribution in [2.75, 3.05) is 19.8 Å². The van der Waals surface area contributed by atoms with Crippen LogP contribution < -0.4 is 5.32 Å². The lowest BCUT2D eigenvalue weighted by molar-refractivity contribution is -0.130. The quantitative estimate of drug-likeness (QED) is 0.800. The van der Waals surface area contributed by atoms with Crippen LogP contribution in [0.25, 0.3) is 0 Å². The summed E-state index contributed by atoms with van der Waals surface area (Å²) in [4.78, 5) is 12.1. The molecule has 4 heteroatoms. The standard InChI is InChI=1S/C14H25NO3/c1-10-9-18-6-5-13(10)14(17)15-8-11-3-2-4-12(16)7-11/h10-13,16H,2-9H2,1H3,(H,15,17). The smallest absolute Gasteiger partial charge is 0.223 e. The zero-order chi connectivity index (χ0) is 13.0. The van der Waals surface area contributed by atoms with E-state index in [1.807, 2.05) is 0 Å². The number of amides is 1. The molecule has 1 saturated heterocycles. The largest absolute Gasteiger partial charge is 0.393 e. The van der Waals surface area contributed by atoms with Crippen molar-refractivity contribution >= 4 is 5.91 Å². The molecular formula is C14H25NO3. The minimum absolute atomic E-state index is 0.104. The van der Waals surface area contributed by atoms with Gasteiger partial charge < -0.3 is 15.2 Å². The third-order valence-electron chi connectivity index (χ3n) is 4.30.